The van der Waals surface area contributed by atoms with Crippen molar-refractivity contribution >= 4 is 5.91 Å². The van der Waals surface area contributed by atoms with E-state index in [1.807, 2.05) is 60.6 Å². The van der Waals surface area contributed by atoms with Crippen molar-refractivity contribution in [1.82, 2.24) is 30.5 Å². The maximum Gasteiger partial charge on any atom is 0.274 e. The Morgan fingerprint density at radius 3 is 2.34 bits per heavy atom. The fourth-order valence-corrected chi connectivity index (χ4v) is 2.91. The lowest BCUT2D eigenvalue weighted by Crippen LogP contribution is -2.42. The van der Waals surface area contributed by atoms with E-state index >= 15 is 0 Å². The summed E-state index contributed by atoms with van der Waals surface area (Å²) in [6.07, 6.45) is 0. The Kier molecular flexibility index (Phi) is 5.06. The molecule has 154 valence electrons. The number of aromatic nitrogens is 5. The number of nitrogens with zero attached hydrogens (tertiary/aromatic N) is 5. The third kappa shape index (κ3) is 4.21. The molecular weight excluding hydrogens is 368 g/mol. The van der Waals surface area contributed by atoms with Gasteiger partial charge in [0.1, 0.15) is 0 Å². The molecule has 1 N–H and O–H groups in total. The molecule has 0 unspecified atom stereocenters. The van der Waals surface area contributed by atoms with E-state index in [4.69, 9.17) is 4.52 Å². The zero-order chi connectivity index (χ0) is 21.6. The summed E-state index contributed by atoms with van der Waals surface area (Å²) in [7, 11) is 0. The van der Waals surface area contributed by atoms with E-state index < -0.39 is 5.54 Å². The highest BCUT2D eigenvalue weighted by Crippen LogP contribution is 2.24. The predicted molar refractivity (Wildman–Crippen MR) is 109 cm³/mol. The molecule has 0 saturated carbocycles. The second-order valence-corrected chi connectivity index (χ2v) is 8.97. The zero-order valence-electron chi connectivity index (χ0n) is 18.3. The van der Waals surface area contributed by atoms with E-state index in [1.54, 1.807) is 6.92 Å². The van der Waals surface area contributed by atoms with Crippen LogP contribution >= 0.6 is 0 Å². The van der Waals surface area contributed by atoms with E-state index in [1.165, 1.54) is 4.80 Å². The molecule has 3 aromatic rings. The molecule has 1 aromatic carbocycles. The van der Waals surface area contributed by atoms with Gasteiger partial charge in [0.25, 0.3) is 5.91 Å². The summed E-state index contributed by atoms with van der Waals surface area (Å²) < 4.78 is 5.37. The average Bonchev–Trinajstić information content (AvgIpc) is 3.21. The summed E-state index contributed by atoms with van der Waals surface area (Å²) in [5.41, 5.74) is 2.74. The maximum absolute atomic E-state index is 12.9. The summed E-state index contributed by atoms with van der Waals surface area (Å²) >= 11 is 0. The molecule has 0 aliphatic rings. The van der Waals surface area contributed by atoms with Gasteiger partial charge in [-0.15, -0.1) is 5.10 Å². The standard InChI is InChI=1S/C21H28N6O2/c1-12-9-10-15(13(2)11-12)27-24-14(3)16(25-27)17(28)23-21(7,8)18-22-19(29-26-18)20(4,5)6/h9-11H,1-8H3,(H,23,28). The molecule has 0 fully saturated rings. The van der Waals surface area contributed by atoms with Crippen LogP contribution in [-0.4, -0.2) is 31.0 Å². The second-order valence-electron chi connectivity index (χ2n) is 8.97. The van der Waals surface area contributed by atoms with Gasteiger partial charge in [0.15, 0.2) is 11.5 Å². The van der Waals surface area contributed by atoms with Crippen LogP contribution in [0.25, 0.3) is 5.69 Å². The van der Waals surface area contributed by atoms with Crippen LogP contribution in [0.15, 0.2) is 22.7 Å². The van der Waals surface area contributed by atoms with Crippen molar-refractivity contribution in [3.05, 3.63) is 52.4 Å². The second kappa shape index (κ2) is 7.09. The maximum atomic E-state index is 12.9. The fraction of sp³-hybridized carbons (Fsp3) is 0.476. The molecule has 3 rings (SSSR count). The van der Waals surface area contributed by atoms with Crippen LogP contribution in [0.3, 0.4) is 0 Å². The fourth-order valence-electron chi connectivity index (χ4n) is 2.91. The van der Waals surface area contributed by atoms with E-state index in [-0.39, 0.29) is 17.0 Å². The van der Waals surface area contributed by atoms with Crippen LogP contribution in [0.1, 0.15) is 73.6 Å². The normalized spacial score (nSPS) is 12.3. The molecular formula is C21H28N6O2. The minimum atomic E-state index is -0.833. The SMILES string of the molecule is Cc1ccc(-n2nc(C)c(C(=O)NC(C)(C)c3noc(C(C)(C)C)n3)n2)c(C)c1. The Bertz CT molecular complexity index is 1060. The first kappa shape index (κ1) is 20.7. The van der Waals surface area contributed by atoms with Gasteiger partial charge in [-0.1, -0.05) is 43.6 Å². The summed E-state index contributed by atoms with van der Waals surface area (Å²) in [6, 6.07) is 6.00. The van der Waals surface area contributed by atoms with Gasteiger partial charge in [-0.3, -0.25) is 4.79 Å². The molecule has 2 heterocycles. The molecule has 8 nitrogen and oxygen atoms in total. The van der Waals surface area contributed by atoms with Crippen molar-refractivity contribution in [3.8, 4) is 5.69 Å². The number of benzene rings is 1. The third-order valence-corrected chi connectivity index (χ3v) is 4.62. The van der Waals surface area contributed by atoms with E-state index in [9.17, 15) is 4.79 Å². The molecule has 29 heavy (non-hydrogen) atoms. The average molecular weight is 396 g/mol. The van der Waals surface area contributed by atoms with Crippen LogP contribution in [0.4, 0.5) is 0 Å². The lowest BCUT2D eigenvalue weighted by molar-refractivity contribution is 0.0901. The smallest absolute Gasteiger partial charge is 0.274 e. The van der Waals surface area contributed by atoms with Gasteiger partial charge in [-0.05, 0) is 46.2 Å². The molecule has 1 amide bonds. The molecule has 8 heteroatoms. The number of carbonyl (C=O) groups is 1. The Labute approximate surface area is 170 Å². The number of carbonyl (C=O) groups excluding carboxylic acids is 1. The number of aryl methyl sites for hydroxylation is 3. The van der Waals surface area contributed by atoms with Crippen molar-refractivity contribution in [3.63, 3.8) is 0 Å². The summed E-state index contributed by atoms with van der Waals surface area (Å²) in [5.74, 6) is 0.590. The van der Waals surface area contributed by atoms with Crippen LogP contribution in [0.2, 0.25) is 0 Å². The molecule has 0 atom stereocenters. The first-order valence-electron chi connectivity index (χ1n) is 9.57. The monoisotopic (exact) mass is 396 g/mol. The highest BCUT2D eigenvalue weighted by molar-refractivity contribution is 5.93. The number of hydrogen-bond acceptors (Lipinski definition) is 6. The summed E-state index contributed by atoms with van der Waals surface area (Å²) in [4.78, 5) is 18.9. The minimum absolute atomic E-state index is 0.262. The summed E-state index contributed by atoms with van der Waals surface area (Å²) in [5, 5.41) is 15.8. The third-order valence-electron chi connectivity index (χ3n) is 4.62. The van der Waals surface area contributed by atoms with E-state index in [0.29, 0.717) is 17.4 Å². The molecule has 0 aliphatic carbocycles. The van der Waals surface area contributed by atoms with Crippen molar-refractivity contribution < 1.29 is 9.32 Å². The van der Waals surface area contributed by atoms with Crippen molar-refractivity contribution in [2.45, 2.75) is 66.3 Å². The van der Waals surface area contributed by atoms with Crippen LogP contribution in [0, 0.1) is 20.8 Å². The quantitative estimate of drug-likeness (QED) is 0.724. The molecule has 0 spiro atoms. The van der Waals surface area contributed by atoms with Gasteiger partial charge in [-0.25, -0.2) is 0 Å². The van der Waals surface area contributed by atoms with Gasteiger partial charge >= 0.3 is 0 Å². The molecule has 0 bridgehead atoms. The minimum Gasteiger partial charge on any atom is -0.339 e. The first-order chi connectivity index (χ1) is 13.4. The number of amides is 1. The first-order valence-corrected chi connectivity index (χ1v) is 9.57. The Balaban J connectivity index is 1.85. The van der Waals surface area contributed by atoms with Crippen molar-refractivity contribution in [2.24, 2.45) is 0 Å². The van der Waals surface area contributed by atoms with Gasteiger partial charge in [0, 0.05) is 5.41 Å². The Morgan fingerprint density at radius 1 is 1.07 bits per heavy atom. The van der Waals surface area contributed by atoms with Crippen LogP contribution in [-0.2, 0) is 11.0 Å². The lowest BCUT2D eigenvalue weighted by atomic mass is 9.97. The van der Waals surface area contributed by atoms with Crippen LogP contribution < -0.4 is 5.32 Å². The largest absolute Gasteiger partial charge is 0.339 e. The Hall–Kier alpha value is -3.03. The van der Waals surface area contributed by atoms with Gasteiger partial charge in [0.2, 0.25) is 5.89 Å². The van der Waals surface area contributed by atoms with Crippen molar-refractivity contribution in [1.29, 1.82) is 0 Å². The summed E-state index contributed by atoms with van der Waals surface area (Å²) in [6.45, 7) is 15.4. The molecule has 0 saturated heterocycles. The van der Waals surface area contributed by atoms with Gasteiger partial charge in [-0.2, -0.15) is 14.9 Å². The number of nitrogens with one attached hydrogen (secondary N) is 1. The van der Waals surface area contributed by atoms with Crippen molar-refractivity contribution in [2.75, 3.05) is 0 Å². The highest BCUT2D eigenvalue weighted by Gasteiger charge is 2.33. The number of hydrogen-bond donors (Lipinski definition) is 1. The van der Waals surface area contributed by atoms with Crippen LogP contribution in [0.5, 0.6) is 0 Å². The molecule has 2 aromatic heterocycles. The highest BCUT2D eigenvalue weighted by atomic mass is 16.5. The molecule has 0 radical (unpaired) electrons. The van der Waals surface area contributed by atoms with E-state index in [0.717, 1.165) is 16.8 Å². The molecule has 0 aliphatic heterocycles. The van der Waals surface area contributed by atoms with Gasteiger partial charge in [0.05, 0.1) is 16.9 Å². The number of rotatable bonds is 4. The Morgan fingerprint density at radius 2 is 1.76 bits per heavy atom. The van der Waals surface area contributed by atoms with E-state index in [2.05, 4.69) is 31.7 Å². The van der Waals surface area contributed by atoms with Gasteiger partial charge < -0.3 is 9.84 Å². The zero-order valence-corrected chi connectivity index (χ0v) is 18.3. The lowest BCUT2D eigenvalue weighted by Gasteiger charge is -2.21. The topological polar surface area (TPSA) is 98.7 Å². The predicted octanol–water partition coefficient (Wildman–Crippen LogP) is 3.54.